The van der Waals surface area contributed by atoms with Gasteiger partial charge in [-0.15, -0.1) is 0 Å². The first-order chi connectivity index (χ1) is 17.6. The van der Waals surface area contributed by atoms with Crippen LogP contribution in [0, 0.1) is 5.82 Å². The zero-order valence-electron chi connectivity index (χ0n) is 19.9. The molecule has 0 N–H and O–H groups in total. The minimum Gasteiger partial charge on any atom is -0.335 e. The lowest BCUT2D eigenvalue weighted by Crippen LogP contribution is -2.48. The number of aromatic nitrogens is 4. The Labute approximate surface area is 207 Å². The highest BCUT2D eigenvalue weighted by Gasteiger charge is 2.30. The van der Waals surface area contributed by atoms with Crippen LogP contribution in [-0.2, 0) is 19.4 Å². The molecule has 0 unspecified atom stereocenters. The van der Waals surface area contributed by atoms with Crippen LogP contribution < -0.4 is 5.56 Å². The molecule has 1 fully saturated rings. The number of benzene rings is 1. The minimum absolute atomic E-state index is 0.0456. The van der Waals surface area contributed by atoms with Crippen molar-refractivity contribution < 1.29 is 9.18 Å². The van der Waals surface area contributed by atoms with Gasteiger partial charge in [-0.25, -0.2) is 14.1 Å². The Kier molecular flexibility index (Phi) is 5.85. The Morgan fingerprint density at radius 2 is 1.75 bits per heavy atom. The van der Waals surface area contributed by atoms with Gasteiger partial charge in [0.1, 0.15) is 11.5 Å². The minimum atomic E-state index is -0.293. The van der Waals surface area contributed by atoms with Crippen molar-refractivity contribution in [2.45, 2.75) is 32.2 Å². The van der Waals surface area contributed by atoms with Crippen LogP contribution >= 0.6 is 0 Å². The first-order valence-corrected chi connectivity index (χ1v) is 12.4. The lowest BCUT2D eigenvalue weighted by molar-refractivity contribution is 0.0619. The molecule has 4 aromatic rings. The third-order valence-corrected chi connectivity index (χ3v) is 7.12. The number of amides is 1. The summed E-state index contributed by atoms with van der Waals surface area (Å²) in [6.07, 6.45) is 5.50. The molecule has 36 heavy (non-hydrogen) atoms. The van der Waals surface area contributed by atoms with Gasteiger partial charge in [-0.2, -0.15) is 5.10 Å². The van der Waals surface area contributed by atoms with Gasteiger partial charge in [0.2, 0.25) is 0 Å². The molecule has 9 heteroatoms. The van der Waals surface area contributed by atoms with E-state index in [1.54, 1.807) is 24.4 Å². The number of hydrogen-bond acceptors (Lipinski definition) is 5. The largest absolute Gasteiger partial charge is 0.335 e. The van der Waals surface area contributed by atoms with Crippen LogP contribution in [0.5, 0.6) is 0 Å². The zero-order chi connectivity index (χ0) is 24.6. The fraction of sp³-hybridized carbons (Fsp3) is 0.333. The van der Waals surface area contributed by atoms with Gasteiger partial charge < -0.3 is 4.90 Å². The van der Waals surface area contributed by atoms with E-state index in [1.165, 1.54) is 16.5 Å². The highest BCUT2D eigenvalue weighted by molar-refractivity contribution is 5.94. The van der Waals surface area contributed by atoms with Gasteiger partial charge in [-0.3, -0.25) is 18.9 Å². The van der Waals surface area contributed by atoms with Gasteiger partial charge in [0.15, 0.2) is 5.69 Å². The van der Waals surface area contributed by atoms with E-state index in [4.69, 9.17) is 5.10 Å². The fourth-order valence-corrected chi connectivity index (χ4v) is 5.24. The van der Waals surface area contributed by atoms with Crippen LogP contribution in [0.3, 0.4) is 0 Å². The summed E-state index contributed by atoms with van der Waals surface area (Å²) in [7, 11) is 0. The van der Waals surface area contributed by atoms with Crippen molar-refractivity contribution in [3.05, 3.63) is 93.5 Å². The number of halogens is 1. The van der Waals surface area contributed by atoms with Gasteiger partial charge in [-0.1, -0.05) is 6.07 Å². The second-order valence-corrected chi connectivity index (χ2v) is 9.45. The molecule has 3 aromatic heterocycles. The molecule has 0 radical (unpaired) electrons. The fourth-order valence-electron chi connectivity index (χ4n) is 5.24. The van der Waals surface area contributed by atoms with Gasteiger partial charge in [0.05, 0.1) is 11.4 Å². The summed E-state index contributed by atoms with van der Waals surface area (Å²) in [5.74, 6) is -0.339. The molecule has 0 bridgehead atoms. The van der Waals surface area contributed by atoms with Crippen LogP contribution in [0.2, 0.25) is 0 Å². The predicted octanol–water partition coefficient (Wildman–Crippen LogP) is 2.86. The summed E-state index contributed by atoms with van der Waals surface area (Å²) >= 11 is 0. The number of piperazine rings is 1. The Balaban J connectivity index is 1.18. The molecule has 8 nitrogen and oxygen atoms in total. The molecule has 2 aliphatic rings. The molecule has 0 spiro atoms. The predicted molar refractivity (Wildman–Crippen MR) is 133 cm³/mol. The molecule has 0 saturated carbocycles. The lowest BCUT2D eigenvalue weighted by atomic mass is 9.95. The van der Waals surface area contributed by atoms with E-state index in [-0.39, 0.29) is 17.3 Å². The summed E-state index contributed by atoms with van der Waals surface area (Å²) in [6, 6.07) is 13.3. The lowest BCUT2D eigenvalue weighted by Gasteiger charge is -2.34. The zero-order valence-corrected chi connectivity index (χ0v) is 19.9. The van der Waals surface area contributed by atoms with E-state index in [2.05, 4.69) is 9.88 Å². The normalized spacial score (nSPS) is 16.3. The summed E-state index contributed by atoms with van der Waals surface area (Å²) in [5.41, 5.74) is 4.66. The average Bonchev–Trinajstić information content (AvgIpc) is 3.29. The maximum atomic E-state index is 13.5. The summed E-state index contributed by atoms with van der Waals surface area (Å²) < 4.78 is 16.8. The maximum absolute atomic E-state index is 13.5. The molecule has 1 aliphatic carbocycles. The van der Waals surface area contributed by atoms with Crippen LogP contribution in [0.15, 0.2) is 59.5 Å². The van der Waals surface area contributed by atoms with Gasteiger partial charge in [0.25, 0.3) is 11.5 Å². The third kappa shape index (κ3) is 4.19. The SMILES string of the molecule is O=C(c1nn(-c2ccc(F)cc2)c2c1CCCC2)N1CCN(Cc2cc(=O)n3ccccc3n2)CC1. The van der Waals surface area contributed by atoms with Crippen LogP contribution in [0.1, 0.15) is 40.3 Å². The molecular formula is C27H27FN6O2. The molecule has 1 aliphatic heterocycles. The Hall–Kier alpha value is -3.85. The van der Waals surface area contributed by atoms with E-state index in [0.717, 1.165) is 48.3 Å². The van der Waals surface area contributed by atoms with Crippen LogP contribution in [0.4, 0.5) is 4.39 Å². The number of carbonyl (C=O) groups is 1. The highest BCUT2D eigenvalue weighted by atomic mass is 19.1. The summed E-state index contributed by atoms with van der Waals surface area (Å²) in [4.78, 5) is 34.7. The molecule has 6 rings (SSSR count). The second-order valence-electron chi connectivity index (χ2n) is 9.45. The van der Waals surface area contributed by atoms with E-state index in [1.807, 2.05) is 27.8 Å². The summed E-state index contributed by atoms with van der Waals surface area (Å²) in [5, 5.41) is 4.73. The van der Waals surface area contributed by atoms with Crippen molar-refractivity contribution in [3.8, 4) is 5.69 Å². The Bertz CT molecular complexity index is 1480. The van der Waals surface area contributed by atoms with Crippen LogP contribution in [0.25, 0.3) is 11.3 Å². The Morgan fingerprint density at radius 1 is 0.972 bits per heavy atom. The molecule has 0 atom stereocenters. The first-order valence-electron chi connectivity index (χ1n) is 12.4. The molecule has 1 saturated heterocycles. The molecule has 1 aromatic carbocycles. The van der Waals surface area contributed by atoms with Crippen molar-refractivity contribution in [2.75, 3.05) is 26.2 Å². The molecule has 4 heterocycles. The number of fused-ring (bicyclic) bond motifs is 2. The average molecular weight is 487 g/mol. The standard InChI is InChI=1S/C27H27FN6O2/c28-19-8-10-21(11-9-19)34-23-6-2-1-5-22(23)26(30-34)27(36)32-15-13-31(14-16-32)18-20-17-25(35)33-12-4-3-7-24(33)29-20/h3-4,7-12,17H,1-2,5-6,13-16,18H2. The number of rotatable bonds is 4. The third-order valence-electron chi connectivity index (χ3n) is 7.12. The smallest absolute Gasteiger partial charge is 0.274 e. The van der Waals surface area contributed by atoms with E-state index < -0.39 is 0 Å². The number of nitrogens with zero attached hydrogens (tertiary/aromatic N) is 6. The van der Waals surface area contributed by atoms with E-state index in [0.29, 0.717) is 44.1 Å². The quantitative estimate of drug-likeness (QED) is 0.444. The first kappa shape index (κ1) is 22.6. The number of hydrogen-bond donors (Lipinski definition) is 0. The highest BCUT2D eigenvalue weighted by Crippen LogP contribution is 2.28. The molecule has 184 valence electrons. The van der Waals surface area contributed by atoms with Crippen molar-refractivity contribution in [3.63, 3.8) is 0 Å². The van der Waals surface area contributed by atoms with Crippen molar-refractivity contribution >= 4 is 11.6 Å². The van der Waals surface area contributed by atoms with Gasteiger partial charge in [-0.05, 0) is 62.1 Å². The monoisotopic (exact) mass is 486 g/mol. The number of pyridine rings is 1. The number of carbonyl (C=O) groups excluding carboxylic acids is 1. The Morgan fingerprint density at radius 3 is 2.56 bits per heavy atom. The van der Waals surface area contributed by atoms with Gasteiger partial charge >= 0.3 is 0 Å². The van der Waals surface area contributed by atoms with Crippen molar-refractivity contribution in [2.24, 2.45) is 0 Å². The van der Waals surface area contributed by atoms with Gasteiger partial charge in [0, 0.05) is 56.2 Å². The topological polar surface area (TPSA) is 75.7 Å². The van der Waals surface area contributed by atoms with Crippen LogP contribution in [-0.4, -0.2) is 61.1 Å². The van der Waals surface area contributed by atoms with Crippen molar-refractivity contribution in [1.82, 2.24) is 29.0 Å². The molecule has 1 amide bonds. The molecular weight excluding hydrogens is 459 g/mol. The van der Waals surface area contributed by atoms with E-state index in [9.17, 15) is 14.0 Å². The second kappa shape index (κ2) is 9.31. The maximum Gasteiger partial charge on any atom is 0.274 e. The van der Waals surface area contributed by atoms with Crippen molar-refractivity contribution in [1.29, 1.82) is 0 Å². The van der Waals surface area contributed by atoms with E-state index >= 15 is 0 Å². The summed E-state index contributed by atoms with van der Waals surface area (Å²) in [6.45, 7) is 3.13.